The van der Waals surface area contributed by atoms with Crippen molar-refractivity contribution in [2.24, 2.45) is 0 Å². The topological polar surface area (TPSA) is 111 Å². The van der Waals surface area contributed by atoms with E-state index in [1.807, 2.05) is 109 Å². The third kappa shape index (κ3) is 13.3. The monoisotopic (exact) mass is 824 g/mol. The fourth-order valence-corrected chi connectivity index (χ4v) is 6.54. The Morgan fingerprint density at radius 1 is 0.233 bits per heavy atom. The summed E-state index contributed by atoms with van der Waals surface area (Å²) in [5.74, 6) is 4.80. The Kier molecular flexibility index (Phi) is 18.7. The molecule has 12 nitrogen and oxygen atoms in total. The molecule has 0 saturated heterocycles. The van der Waals surface area contributed by atoms with Gasteiger partial charge in [-0.2, -0.15) is 0 Å². The van der Waals surface area contributed by atoms with E-state index in [-0.39, 0.29) is 0 Å². The second-order valence-corrected chi connectivity index (χ2v) is 13.3. The fraction of sp³-hybridized carbons (Fsp3) is 0.375. The van der Waals surface area contributed by atoms with E-state index in [2.05, 4.69) is 0 Å². The first kappa shape index (κ1) is 44.2. The molecular formula is C48H56O12. The zero-order valence-corrected chi connectivity index (χ0v) is 34.6. The van der Waals surface area contributed by atoms with Crippen molar-refractivity contribution in [2.45, 2.75) is 0 Å². The summed E-state index contributed by atoms with van der Waals surface area (Å²) in [5.41, 5.74) is 0. The van der Waals surface area contributed by atoms with Crippen LogP contribution in [0.15, 0.2) is 109 Å². The minimum atomic E-state index is 0.412. The Labute approximate surface area is 352 Å². The molecule has 6 aromatic carbocycles. The van der Waals surface area contributed by atoms with Gasteiger partial charge in [0.05, 0.1) is 93.5 Å². The highest BCUT2D eigenvalue weighted by Gasteiger charge is 2.09. The molecule has 320 valence electrons. The molecule has 6 aromatic rings. The molecule has 6 rings (SSSR count). The van der Waals surface area contributed by atoms with Crippen LogP contribution in [-0.2, 0) is 28.4 Å². The molecule has 0 aliphatic rings. The zero-order valence-electron chi connectivity index (χ0n) is 34.6. The molecule has 0 fully saturated rings. The SMILES string of the molecule is COc1cccc2c(OCCOCCOCCOCCOc3cccc4c(OCCOCCOCCOCCOc5cccc6c(OC)cccc56)cccc34)cccc12. The van der Waals surface area contributed by atoms with Crippen molar-refractivity contribution in [3.05, 3.63) is 109 Å². The molecule has 0 N–H and O–H groups in total. The highest BCUT2D eigenvalue weighted by Crippen LogP contribution is 2.34. The molecular weight excluding hydrogens is 769 g/mol. The summed E-state index contributed by atoms with van der Waals surface area (Å²) in [7, 11) is 3.34. The van der Waals surface area contributed by atoms with Crippen molar-refractivity contribution in [2.75, 3.05) is 120 Å². The van der Waals surface area contributed by atoms with Gasteiger partial charge in [0.15, 0.2) is 0 Å². The van der Waals surface area contributed by atoms with Crippen LogP contribution in [0.1, 0.15) is 0 Å². The number of hydrogen-bond acceptors (Lipinski definition) is 12. The fourth-order valence-electron chi connectivity index (χ4n) is 6.54. The third-order valence-corrected chi connectivity index (χ3v) is 9.40. The molecule has 12 heteroatoms. The molecule has 0 heterocycles. The van der Waals surface area contributed by atoms with Gasteiger partial charge in [0, 0.05) is 32.3 Å². The van der Waals surface area contributed by atoms with E-state index >= 15 is 0 Å². The van der Waals surface area contributed by atoms with Crippen molar-refractivity contribution in [3.8, 4) is 34.5 Å². The zero-order chi connectivity index (χ0) is 41.5. The van der Waals surface area contributed by atoms with Crippen LogP contribution in [0.5, 0.6) is 34.5 Å². The highest BCUT2D eigenvalue weighted by atomic mass is 16.6. The summed E-state index contributed by atoms with van der Waals surface area (Å²) in [6.45, 7) is 7.31. The second kappa shape index (κ2) is 25.3. The largest absolute Gasteiger partial charge is 0.496 e. The van der Waals surface area contributed by atoms with Gasteiger partial charge in [-0.3, -0.25) is 0 Å². The van der Waals surface area contributed by atoms with E-state index in [1.165, 1.54) is 0 Å². The van der Waals surface area contributed by atoms with Gasteiger partial charge in [-0.15, -0.1) is 0 Å². The smallest absolute Gasteiger partial charge is 0.127 e. The maximum absolute atomic E-state index is 6.06. The number of hydrogen-bond donors (Lipinski definition) is 0. The van der Waals surface area contributed by atoms with E-state index in [1.54, 1.807) is 14.2 Å². The van der Waals surface area contributed by atoms with Gasteiger partial charge in [-0.1, -0.05) is 72.8 Å². The summed E-state index contributed by atoms with van der Waals surface area (Å²) in [6.07, 6.45) is 0. The molecule has 0 saturated carbocycles. The van der Waals surface area contributed by atoms with Gasteiger partial charge in [0.1, 0.15) is 60.9 Å². The first-order valence-corrected chi connectivity index (χ1v) is 20.4. The van der Waals surface area contributed by atoms with Gasteiger partial charge < -0.3 is 56.8 Å². The van der Waals surface area contributed by atoms with Crippen molar-refractivity contribution < 1.29 is 56.8 Å². The summed E-state index contributed by atoms with van der Waals surface area (Å²) in [4.78, 5) is 0. The maximum atomic E-state index is 6.06. The third-order valence-electron chi connectivity index (χ3n) is 9.40. The first-order chi connectivity index (χ1) is 29.8. The minimum Gasteiger partial charge on any atom is -0.496 e. The molecule has 0 bridgehead atoms. The average molecular weight is 825 g/mol. The van der Waals surface area contributed by atoms with Crippen LogP contribution in [-0.4, -0.2) is 120 Å². The van der Waals surface area contributed by atoms with Crippen molar-refractivity contribution in [1.29, 1.82) is 0 Å². The molecule has 0 radical (unpaired) electrons. The van der Waals surface area contributed by atoms with E-state index in [4.69, 9.17) is 56.8 Å². The predicted octanol–water partition coefficient (Wildman–Crippen LogP) is 8.18. The van der Waals surface area contributed by atoms with Crippen LogP contribution in [0.3, 0.4) is 0 Å². The lowest BCUT2D eigenvalue weighted by atomic mass is 10.1. The summed E-state index contributed by atoms with van der Waals surface area (Å²) < 4.78 is 69.0. The number of methoxy groups -OCH3 is 2. The van der Waals surface area contributed by atoms with Crippen LogP contribution in [0.4, 0.5) is 0 Å². The van der Waals surface area contributed by atoms with Crippen molar-refractivity contribution >= 4 is 32.3 Å². The summed E-state index contributed by atoms with van der Waals surface area (Å²) >= 11 is 0. The Hall–Kier alpha value is -5.34. The van der Waals surface area contributed by atoms with E-state index < -0.39 is 0 Å². The quantitative estimate of drug-likeness (QED) is 0.0409. The first-order valence-electron chi connectivity index (χ1n) is 20.4. The van der Waals surface area contributed by atoms with Crippen molar-refractivity contribution in [1.82, 2.24) is 0 Å². The van der Waals surface area contributed by atoms with E-state index in [0.717, 1.165) is 66.8 Å². The minimum absolute atomic E-state index is 0.412. The Balaban J connectivity index is 0.746. The van der Waals surface area contributed by atoms with Crippen LogP contribution in [0.2, 0.25) is 0 Å². The van der Waals surface area contributed by atoms with Gasteiger partial charge in [-0.25, -0.2) is 0 Å². The van der Waals surface area contributed by atoms with Gasteiger partial charge >= 0.3 is 0 Å². The van der Waals surface area contributed by atoms with E-state index in [0.29, 0.717) is 106 Å². The Bertz CT molecular complexity index is 2010. The van der Waals surface area contributed by atoms with Crippen molar-refractivity contribution in [3.63, 3.8) is 0 Å². The van der Waals surface area contributed by atoms with Crippen LogP contribution < -0.4 is 28.4 Å². The maximum Gasteiger partial charge on any atom is 0.127 e. The summed E-state index contributed by atoms with van der Waals surface area (Å²) in [6, 6.07) is 35.6. The van der Waals surface area contributed by atoms with Gasteiger partial charge in [0.25, 0.3) is 0 Å². The molecule has 0 aliphatic carbocycles. The predicted molar refractivity (Wildman–Crippen MR) is 232 cm³/mol. The lowest BCUT2D eigenvalue weighted by Gasteiger charge is -2.13. The molecule has 0 amide bonds. The standard InChI is InChI=1S/C48H56O12/c1-49-43-15-3-11-39-37(43)9-5-17-45(39)57-33-29-53-25-21-51-23-27-55-31-35-59-47-19-7-14-42-41(47)13-8-20-48(42)60-36-32-56-28-24-52-22-26-54-30-34-58-46-18-6-10-38-40(46)12-4-16-44(38)50-2/h3-20H,21-36H2,1-2H3. The summed E-state index contributed by atoms with van der Waals surface area (Å²) in [5, 5.41) is 6.00. The molecule has 0 spiro atoms. The second-order valence-electron chi connectivity index (χ2n) is 13.3. The van der Waals surface area contributed by atoms with Gasteiger partial charge in [-0.05, 0) is 36.4 Å². The van der Waals surface area contributed by atoms with Crippen LogP contribution >= 0.6 is 0 Å². The molecule has 0 unspecified atom stereocenters. The lowest BCUT2D eigenvalue weighted by molar-refractivity contribution is 0.00506. The Morgan fingerprint density at radius 2 is 0.417 bits per heavy atom. The normalized spacial score (nSPS) is 11.3. The van der Waals surface area contributed by atoms with Crippen LogP contribution in [0, 0.1) is 0 Å². The molecule has 60 heavy (non-hydrogen) atoms. The number of fused-ring (bicyclic) bond motifs is 3. The van der Waals surface area contributed by atoms with E-state index in [9.17, 15) is 0 Å². The van der Waals surface area contributed by atoms with Gasteiger partial charge in [0.2, 0.25) is 0 Å². The number of ether oxygens (including phenoxy) is 12. The lowest BCUT2D eigenvalue weighted by Crippen LogP contribution is -2.14. The molecule has 0 atom stereocenters. The average Bonchev–Trinajstić information content (AvgIpc) is 3.29. The highest BCUT2D eigenvalue weighted by molar-refractivity contribution is 5.94. The van der Waals surface area contributed by atoms with Crippen LogP contribution in [0.25, 0.3) is 32.3 Å². The molecule has 0 aromatic heterocycles. The number of benzene rings is 6. The Morgan fingerprint density at radius 3 is 0.633 bits per heavy atom. The molecule has 0 aliphatic heterocycles. The number of rotatable bonds is 30.